The highest BCUT2D eigenvalue weighted by Crippen LogP contribution is 2.17. The van der Waals surface area contributed by atoms with Crippen molar-refractivity contribution in [1.29, 1.82) is 0 Å². The second-order valence-corrected chi connectivity index (χ2v) is 7.23. The predicted molar refractivity (Wildman–Crippen MR) is 102 cm³/mol. The lowest BCUT2D eigenvalue weighted by atomic mass is 10.0. The van der Waals surface area contributed by atoms with Crippen molar-refractivity contribution in [2.24, 2.45) is 5.92 Å². The summed E-state index contributed by atoms with van der Waals surface area (Å²) >= 11 is 0. The Morgan fingerprint density at radius 2 is 1.71 bits per heavy atom. The van der Waals surface area contributed by atoms with E-state index in [2.05, 4.69) is 74.7 Å². The molecule has 0 heterocycles. The van der Waals surface area contributed by atoms with E-state index in [0.717, 1.165) is 13.0 Å². The fraction of sp³-hybridized carbons (Fsp3) is 0.476. The van der Waals surface area contributed by atoms with Gasteiger partial charge >= 0.3 is 0 Å². The van der Waals surface area contributed by atoms with Crippen LogP contribution in [-0.2, 0) is 11.2 Å². The molecule has 0 unspecified atom stereocenters. The Labute approximate surface area is 145 Å². The van der Waals surface area contributed by atoms with Gasteiger partial charge in [-0.25, -0.2) is 0 Å². The minimum Gasteiger partial charge on any atom is -0.355 e. The highest BCUT2D eigenvalue weighted by molar-refractivity contribution is 5.84. The van der Waals surface area contributed by atoms with Gasteiger partial charge in [-0.3, -0.25) is 4.79 Å². The van der Waals surface area contributed by atoms with Crippen molar-refractivity contribution >= 4 is 16.7 Å². The lowest BCUT2D eigenvalue weighted by Crippen LogP contribution is -2.48. The molecule has 0 saturated heterocycles. The number of hydrogen-bond donors (Lipinski definition) is 2. The molecule has 2 rings (SSSR count). The van der Waals surface area contributed by atoms with Crippen molar-refractivity contribution in [3.05, 3.63) is 48.0 Å². The normalized spacial score (nSPS) is 12.8. The second kappa shape index (κ2) is 8.84. The minimum absolute atomic E-state index is 0.0949. The Morgan fingerprint density at radius 1 is 1.00 bits per heavy atom. The molecule has 3 nitrogen and oxygen atoms in total. The quantitative estimate of drug-likeness (QED) is 0.772. The van der Waals surface area contributed by atoms with E-state index in [0.29, 0.717) is 12.3 Å². The van der Waals surface area contributed by atoms with Crippen molar-refractivity contribution in [3.63, 3.8) is 0 Å². The zero-order valence-electron chi connectivity index (χ0n) is 15.3. The fourth-order valence-corrected chi connectivity index (χ4v) is 2.84. The average Bonchev–Trinajstić information content (AvgIpc) is 2.53. The molecule has 0 saturated carbocycles. The number of amides is 1. The first-order valence-corrected chi connectivity index (χ1v) is 8.97. The molecule has 0 aliphatic heterocycles. The average molecular weight is 326 g/mol. The van der Waals surface area contributed by atoms with Gasteiger partial charge in [0, 0.05) is 12.6 Å². The first-order valence-electron chi connectivity index (χ1n) is 8.97. The van der Waals surface area contributed by atoms with E-state index in [1.165, 1.54) is 16.3 Å². The molecule has 0 radical (unpaired) electrons. The van der Waals surface area contributed by atoms with Crippen molar-refractivity contribution in [2.75, 3.05) is 6.54 Å². The van der Waals surface area contributed by atoms with Crippen LogP contribution in [0.15, 0.2) is 42.5 Å². The molecule has 0 aromatic heterocycles. The molecule has 1 atom stereocenters. The SMILES string of the molecule is CC(C)CCNC(=O)[C@H](Cc1ccc2ccccc2c1)NC(C)C. The lowest BCUT2D eigenvalue weighted by Gasteiger charge is -2.21. The highest BCUT2D eigenvalue weighted by atomic mass is 16.2. The molecule has 2 N–H and O–H groups in total. The van der Waals surface area contributed by atoms with E-state index < -0.39 is 0 Å². The van der Waals surface area contributed by atoms with E-state index in [4.69, 9.17) is 0 Å². The van der Waals surface area contributed by atoms with E-state index in [1.807, 2.05) is 6.07 Å². The molecule has 2 aromatic rings. The summed E-state index contributed by atoms with van der Waals surface area (Å²) in [6, 6.07) is 14.8. The summed E-state index contributed by atoms with van der Waals surface area (Å²) < 4.78 is 0. The molecule has 1 amide bonds. The first kappa shape index (κ1) is 18.5. The van der Waals surface area contributed by atoms with Gasteiger partial charge in [-0.2, -0.15) is 0 Å². The molecule has 130 valence electrons. The molecular formula is C21H30N2O. The Hall–Kier alpha value is -1.87. The number of fused-ring (bicyclic) bond motifs is 1. The second-order valence-electron chi connectivity index (χ2n) is 7.23. The van der Waals surface area contributed by atoms with Gasteiger partial charge < -0.3 is 10.6 Å². The van der Waals surface area contributed by atoms with Gasteiger partial charge in [0.2, 0.25) is 5.91 Å². The zero-order valence-corrected chi connectivity index (χ0v) is 15.3. The summed E-state index contributed by atoms with van der Waals surface area (Å²) in [5, 5.41) is 8.93. The van der Waals surface area contributed by atoms with Crippen molar-refractivity contribution in [1.82, 2.24) is 10.6 Å². The molecule has 3 heteroatoms. The molecule has 0 fully saturated rings. The topological polar surface area (TPSA) is 41.1 Å². The van der Waals surface area contributed by atoms with Gasteiger partial charge in [0.05, 0.1) is 6.04 Å². The van der Waals surface area contributed by atoms with Gasteiger partial charge in [-0.1, -0.05) is 70.2 Å². The van der Waals surface area contributed by atoms with Gasteiger partial charge in [-0.05, 0) is 35.1 Å². The first-order chi connectivity index (χ1) is 11.5. The third-order valence-electron chi connectivity index (χ3n) is 4.13. The monoisotopic (exact) mass is 326 g/mol. The van der Waals surface area contributed by atoms with Crippen LogP contribution < -0.4 is 10.6 Å². The van der Waals surface area contributed by atoms with Crippen molar-refractivity contribution in [3.8, 4) is 0 Å². The number of benzene rings is 2. The Morgan fingerprint density at radius 3 is 2.38 bits per heavy atom. The van der Waals surface area contributed by atoms with Crippen LogP contribution >= 0.6 is 0 Å². The summed E-state index contributed by atoms with van der Waals surface area (Å²) in [5.74, 6) is 0.694. The van der Waals surface area contributed by atoms with Gasteiger partial charge in [0.25, 0.3) is 0 Å². The number of carbonyl (C=O) groups excluding carboxylic acids is 1. The maximum Gasteiger partial charge on any atom is 0.237 e. The van der Waals surface area contributed by atoms with Gasteiger partial charge in [0.1, 0.15) is 0 Å². The summed E-state index contributed by atoms with van der Waals surface area (Å²) in [6.07, 6.45) is 1.71. The smallest absolute Gasteiger partial charge is 0.237 e. The minimum atomic E-state index is -0.196. The summed E-state index contributed by atoms with van der Waals surface area (Å²) in [5.41, 5.74) is 1.19. The molecule has 0 aliphatic carbocycles. The summed E-state index contributed by atoms with van der Waals surface area (Å²) in [6.45, 7) is 9.24. The lowest BCUT2D eigenvalue weighted by molar-refractivity contribution is -0.123. The fourth-order valence-electron chi connectivity index (χ4n) is 2.84. The van der Waals surface area contributed by atoms with Crippen LogP contribution in [0, 0.1) is 5.92 Å². The summed E-state index contributed by atoms with van der Waals surface area (Å²) in [4.78, 5) is 12.6. The molecule has 2 aromatic carbocycles. The third kappa shape index (κ3) is 5.64. The number of hydrogen-bond acceptors (Lipinski definition) is 2. The van der Waals surface area contributed by atoms with Crippen LogP contribution in [0.25, 0.3) is 10.8 Å². The zero-order chi connectivity index (χ0) is 17.5. The van der Waals surface area contributed by atoms with Crippen molar-refractivity contribution < 1.29 is 4.79 Å². The summed E-state index contributed by atoms with van der Waals surface area (Å²) in [7, 11) is 0. The van der Waals surface area contributed by atoms with E-state index in [-0.39, 0.29) is 18.0 Å². The van der Waals surface area contributed by atoms with Crippen LogP contribution in [0.2, 0.25) is 0 Å². The van der Waals surface area contributed by atoms with Crippen LogP contribution in [0.1, 0.15) is 39.7 Å². The van der Waals surface area contributed by atoms with Gasteiger partial charge in [0.15, 0.2) is 0 Å². The highest BCUT2D eigenvalue weighted by Gasteiger charge is 2.19. The predicted octanol–water partition coefficient (Wildman–Crippen LogP) is 3.91. The van der Waals surface area contributed by atoms with E-state index in [9.17, 15) is 4.79 Å². The van der Waals surface area contributed by atoms with Crippen LogP contribution in [-0.4, -0.2) is 24.5 Å². The molecule has 0 aliphatic rings. The van der Waals surface area contributed by atoms with E-state index >= 15 is 0 Å². The largest absolute Gasteiger partial charge is 0.355 e. The molecular weight excluding hydrogens is 296 g/mol. The van der Waals surface area contributed by atoms with Crippen LogP contribution in [0.3, 0.4) is 0 Å². The molecule has 24 heavy (non-hydrogen) atoms. The van der Waals surface area contributed by atoms with Gasteiger partial charge in [-0.15, -0.1) is 0 Å². The van der Waals surface area contributed by atoms with Crippen LogP contribution in [0.5, 0.6) is 0 Å². The molecule has 0 spiro atoms. The Bertz CT molecular complexity index is 664. The molecule has 0 bridgehead atoms. The number of rotatable bonds is 8. The maximum absolute atomic E-state index is 12.6. The van der Waals surface area contributed by atoms with Crippen molar-refractivity contribution in [2.45, 2.75) is 52.6 Å². The number of carbonyl (C=O) groups is 1. The number of nitrogens with one attached hydrogen (secondary N) is 2. The van der Waals surface area contributed by atoms with E-state index in [1.54, 1.807) is 0 Å². The third-order valence-corrected chi connectivity index (χ3v) is 4.13. The Balaban J connectivity index is 2.07. The maximum atomic E-state index is 12.6. The Kier molecular flexibility index (Phi) is 6.80. The standard InChI is InChI=1S/C21H30N2O/c1-15(2)11-12-22-21(24)20(23-16(3)4)14-17-9-10-18-7-5-6-8-19(18)13-17/h5-10,13,15-16,20,23H,11-12,14H2,1-4H3,(H,22,24)/t20-/m0/s1. The van der Waals surface area contributed by atoms with Crippen LogP contribution in [0.4, 0.5) is 0 Å².